The quantitative estimate of drug-likeness (QED) is 0.338. The maximum absolute atomic E-state index is 5.87. The normalized spacial score (nSPS) is 11.3. The average Bonchev–Trinajstić information content (AvgIpc) is 2.80. The molecular weight excluding hydrogens is 397 g/mol. The molecule has 4 nitrogen and oxygen atoms in total. The third-order valence-electron chi connectivity index (χ3n) is 3.18. The Hall–Kier alpha value is -0.890. The lowest BCUT2D eigenvalue weighted by atomic mass is 10.1. The molecule has 0 saturated heterocycles. The molecule has 0 radical (unpaired) electrons. The third kappa shape index (κ3) is 4.81. The Balaban J connectivity index is 0.00000220. The number of aliphatic imine (C=N–C) groups is 1. The van der Waals surface area contributed by atoms with Crippen LogP contribution in [0.15, 0.2) is 33.7 Å². The van der Waals surface area contributed by atoms with Crippen molar-refractivity contribution in [1.29, 1.82) is 0 Å². The number of thioether (sulfide) groups is 1. The minimum Gasteiger partial charge on any atom is -0.459 e. The van der Waals surface area contributed by atoms with E-state index in [2.05, 4.69) is 34.9 Å². The number of halogens is 1. The number of fused-ring (bicyclic) bond motifs is 1. The fourth-order valence-corrected chi connectivity index (χ4v) is 2.36. The molecule has 1 heterocycles. The number of rotatable bonds is 5. The van der Waals surface area contributed by atoms with E-state index in [4.69, 9.17) is 4.42 Å². The fourth-order valence-electron chi connectivity index (χ4n) is 2.05. The van der Waals surface area contributed by atoms with Crippen LogP contribution in [0.3, 0.4) is 0 Å². The molecule has 2 N–H and O–H groups in total. The Morgan fingerprint density at radius 1 is 1.29 bits per heavy atom. The predicted molar refractivity (Wildman–Crippen MR) is 103 cm³/mol. The van der Waals surface area contributed by atoms with Crippen molar-refractivity contribution in [1.82, 2.24) is 10.6 Å². The first-order chi connectivity index (χ1) is 9.76. The van der Waals surface area contributed by atoms with Gasteiger partial charge in [-0.25, -0.2) is 0 Å². The third-order valence-corrected chi connectivity index (χ3v) is 3.79. The van der Waals surface area contributed by atoms with Crippen molar-refractivity contribution in [3.63, 3.8) is 0 Å². The monoisotopic (exact) mass is 419 g/mol. The number of guanidine groups is 1. The SMILES string of the molecule is CN=C(NCCSC)NCc1oc2ccccc2c1C.I. The summed E-state index contributed by atoms with van der Waals surface area (Å²) in [4.78, 5) is 4.20. The Labute approximate surface area is 147 Å². The molecule has 0 amide bonds. The van der Waals surface area contributed by atoms with Gasteiger partial charge in [-0.1, -0.05) is 18.2 Å². The highest BCUT2D eigenvalue weighted by Gasteiger charge is 2.09. The zero-order chi connectivity index (χ0) is 14.4. The van der Waals surface area contributed by atoms with Crippen molar-refractivity contribution in [2.24, 2.45) is 4.99 Å². The van der Waals surface area contributed by atoms with Crippen LogP contribution in [0.2, 0.25) is 0 Å². The van der Waals surface area contributed by atoms with Gasteiger partial charge in [-0.2, -0.15) is 11.8 Å². The number of benzene rings is 1. The average molecular weight is 419 g/mol. The first-order valence-electron chi connectivity index (χ1n) is 6.66. The van der Waals surface area contributed by atoms with Gasteiger partial charge in [0.1, 0.15) is 11.3 Å². The van der Waals surface area contributed by atoms with E-state index in [0.29, 0.717) is 6.54 Å². The summed E-state index contributed by atoms with van der Waals surface area (Å²) in [5, 5.41) is 7.73. The summed E-state index contributed by atoms with van der Waals surface area (Å²) in [5.74, 6) is 2.82. The van der Waals surface area contributed by atoms with Gasteiger partial charge < -0.3 is 15.1 Å². The Bertz CT molecular complexity index is 598. The molecule has 0 saturated carbocycles. The van der Waals surface area contributed by atoms with Gasteiger partial charge in [0, 0.05) is 30.3 Å². The van der Waals surface area contributed by atoms with Gasteiger partial charge in [0.25, 0.3) is 0 Å². The van der Waals surface area contributed by atoms with Crippen LogP contribution in [0.4, 0.5) is 0 Å². The number of hydrogen-bond acceptors (Lipinski definition) is 3. The minimum absolute atomic E-state index is 0. The molecule has 116 valence electrons. The van der Waals surface area contributed by atoms with E-state index in [1.54, 1.807) is 7.05 Å². The fraction of sp³-hybridized carbons (Fsp3) is 0.400. The van der Waals surface area contributed by atoms with E-state index in [1.165, 1.54) is 10.9 Å². The van der Waals surface area contributed by atoms with Crippen LogP contribution in [0, 0.1) is 6.92 Å². The summed E-state index contributed by atoms with van der Waals surface area (Å²) in [6, 6.07) is 8.11. The number of furan rings is 1. The predicted octanol–water partition coefficient (Wildman–Crippen LogP) is 3.39. The molecule has 2 aromatic rings. The van der Waals surface area contributed by atoms with Crippen LogP contribution in [0.25, 0.3) is 11.0 Å². The van der Waals surface area contributed by atoms with E-state index >= 15 is 0 Å². The maximum Gasteiger partial charge on any atom is 0.191 e. The highest BCUT2D eigenvalue weighted by atomic mass is 127. The molecule has 0 aliphatic rings. The Kier molecular flexibility index (Phi) is 7.95. The highest BCUT2D eigenvalue weighted by molar-refractivity contribution is 14.0. The van der Waals surface area contributed by atoms with Gasteiger partial charge >= 0.3 is 0 Å². The molecule has 0 aliphatic carbocycles. The molecule has 0 aliphatic heterocycles. The lowest BCUT2D eigenvalue weighted by Gasteiger charge is -2.10. The molecule has 0 unspecified atom stereocenters. The van der Waals surface area contributed by atoms with Crippen LogP contribution >= 0.6 is 35.7 Å². The molecule has 0 spiro atoms. The van der Waals surface area contributed by atoms with Gasteiger partial charge in [0.15, 0.2) is 5.96 Å². The number of hydrogen-bond donors (Lipinski definition) is 2. The zero-order valence-electron chi connectivity index (χ0n) is 12.6. The summed E-state index contributed by atoms with van der Waals surface area (Å²) in [6.07, 6.45) is 2.09. The van der Waals surface area contributed by atoms with Crippen LogP contribution in [-0.4, -0.2) is 31.6 Å². The van der Waals surface area contributed by atoms with Gasteiger partial charge in [-0.05, 0) is 19.2 Å². The van der Waals surface area contributed by atoms with Gasteiger partial charge in [0.05, 0.1) is 6.54 Å². The summed E-state index contributed by atoms with van der Waals surface area (Å²) in [6.45, 7) is 3.63. The minimum atomic E-state index is 0. The number of aryl methyl sites for hydroxylation is 1. The Morgan fingerprint density at radius 3 is 2.71 bits per heavy atom. The molecule has 0 fully saturated rings. The molecular formula is C15H22IN3OS. The summed E-state index contributed by atoms with van der Waals surface area (Å²) >= 11 is 1.81. The van der Waals surface area contributed by atoms with Crippen molar-refractivity contribution < 1.29 is 4.42 Å². The molecule has 0 bridgehead atoms. The van der Waals surface area contributed by atoms with Crippen molar-refractivity contribution >= 4 is 52.7 Å². The summed E-state index contributed by atoms with van der Waals surface area (Å²) < 4.78 is 5.87. The topological polar surface area (TPSA) is 49.6 Å². The molecule has 1 aromatic heterocycles. The Morgan fingerprint density at radius 2 is 2.05 bits per heavy atom. The largest absolute Gasteiger partial charge is 0.459 e. The zero-order valence-corrected chi connectivity index (χ0v) is 15.7. The lowest BCUT2D eigenvalue weighted by Crippen LogP contribution is -2.37. The summed E-state index contributed by atoms with van der Waals surface area (Å²) in [7, 11) is 1.78. The van der Waals surface area contributed by atoms with E-state index in [-0.39, 0.29) is 24.0 Å². The smallest absolute Gasteiger partial charge is 0.191 e. The van der Waals surface area contributed by atoms with Gasteiger partial charge in [-0.3, -0.25) is 4.99 Å². The van der Waals surface area contributed by atoms with Gasteiger partial charge in [0.2, 0.25) is 0 Å². The van der Waals surface area contributed by atoms with Crippen molar-refractivity contribution in [3.05, 3.63) is 35.6 Å². The second kappa shape index (κ2) is 9.19. The van der Waals surface area contributed by atoms with Crippen LogP contribution in [-0.2, 0) is 6.54 Å². The number of nitrogens with one attached hydrogen (secondary N) is 2. The van der Waals surface area contributed by atoms with Crippen molar-refractivity contribution in [3.8, 4) is 0 Å². The standard InChI is InChI=1S/C15H21N3OS.HI/c1-11-12-6-4-5-7-13(12)19-14(11)10-18-15(16-2)17-8-9-20-3;/h4-7H,8-10H2,1-3H3,(H2,16,17,18);1H. The molecule has 6 heteroatoms. The second-order valence-electron chi connectivity index (χ2n) is 4.49. The van der Waals surface area contributed by atoms with Crippen molar-refractivity contribution in [2.45, 2.75) is 13.5 Å². The van der Waals surface area contributed by atoms with Crippen LogP contribution in [0.1, 0.15) is 11.3 Å². The van der Waals surface area contributed by atoms with E-state index in [9.17, 15) is 0 Å². The van der Waals surface area contributed by atoms with E-state index in [0.717, 1.165) is 29.6 Å². The first kappa shape index (κ1) is 18.2. The lowest BCUT2D eigenvalue weighted by molar-refractivity contribution is 0.535. The maximum atomic E-state index is 5.87. The second-order valence-corrected chi connectivity index (χ2v) is 5.48. The molecule has 1 aromatic carbocycles. The molecule has 0 atom stereocenters. The number of para-hydroxylation sites is 1. The molecule has 2 rings (SSSR count). The molecule has 21 heavy (non-hydrogen) atoms. The number of nitrogens with zero attached hydrogens (tertiary/aromatic N) is 1. The van der Waals surface area contributed by atoms with Crippen LogP contribution in [0.5, 0.6) is 0 Å². The van der Waals surface area contributed by atoms with Crippen molar-refractivity contribution in [2.75, 3.05) is 25.6 Å². The summed E-state index contributed by atoms with van der Waals surface area (Å²) in [5.41, 5.74) is 2.12. The highest BCUT2D eigenvalue weighted by Crippen LogP contribution is 2.24. The van der Waals surface area contributed by atoms with E-state index in [1.807, 2.05) is 30.0 Å². The first-order valence-corrected chi connectivity index (χ1v) is 8.06. The van der Waals surface area contributed by atoms with E-state index < -0.39 is 0 Å². The van der Waals surface area contributed by atoms with Gasteiger partial charge in [-0.15, -0.1) is 24.0 Å². The van der Waals surface area contributed by atoms with Crippen LogP contribution < -0.4 is 10.6 Å².